The van der Waals surface area contributed by atoms with Crippen molar-refractivity contribution < 1.29 is 20.4 Å². The van der Waals surface area contributed by atoms with E-state index in [1.807, 2.05) is 13.8 Å². The van der Waals surface area contributed by atoms with E-state index >= 15 is 0 Å². The van der Waals surface area contributed by atoms with Crippen molar-refractivity contribution in [2.45, 2.75) is 34.1 Å². The number of hydrogen-bond acceptors (Lipinski definition) is 0. The van der Waals surface area contributed by atoms with Crippen LogP contribution in [-0.2, 0) is 20.4 Å². The second kappa shape index (κ2) is 23.4. The van der Waals surface area contributed by atoms with E-state index in [1.54, 1.807) is 0 Å². The first kappa shape index (κ1) is 22.6. The standard InChI is InChI=1S/C5H12N.C2H6.Re.Rf/c1-5(2)3-4-6;1-2;;/h5-6H,3-4H2,1-2H3;1-2H3;;/q-1;;;. The van der Waals surface area contributed by atoms with Crippen LogP contribution in [-0.4, -0.2) is 6.54 Å². The zero-order valence-electron chi connectivity index (χ0n) is 7.58. The minimum absolute atomic E-state index is 0. The molecule has 0 saturated heterocycles. The van der Waals surface area contributed by atoms with Crippen LogP contribution in [0.4, 0.5) is 0 Å². The van der Waals surface area contributed by atoms with Gasteiger partial charge in [0.05, 0.1) is 0 Å². The molecule has 0 saturated carbocycles. The molecule has 0 aliphatic carbocycles. The molecule has 0 unspecified atom stereocenters. The largest absolute Gasteiger partial charge is 0.677 e. The fourth-order valence-electron chi connectivity index (χ4n) is 0.289. The number of hydrogen-bond donors (Lipinski definition) is 0. The monoisotopic (exact) mass is 570 g/mol. The summed E-state index contributed by atoms with van der Waals surface area (Å²) >= 11 is 0. The van der Waals surface area contributed by atoms with E-state index in [0.29, 0.717) is 12.5 Å². The third kappa shape index (κ3) is 48.6. The summed E-state index contributed by atoms with van der Waals surface area (Å²) in [6, 6.07) is 0. The zero-order valence-corrected chi connectivity index (χ0v) is 16.7. The summed E-state index contributed by atoms with van der Waals surface area (Å²) in [6.07, 6.45) is 1.04. The number of nitrogens with one attached hydrogen (secondary N) is 1. The average molecular weight is 569 g/mol. The van der Waals surface area contributed by atoms with Gasteiger partial charge in [0.2, 0.25) is 0 Å². The van der Waals surface area contributed by atoms with Gasteiger partial charge in [-0.15, -0.1) is 0 Å². The Kier molecular flexibility index (Phi) is 53.1. The molecule has 3 heteroatoms. The molecule has 0 spiro atoms. The fraction of sp³-hybridized carbons (Fsp3) is 1.00. The normalized spacial score (nSPS) is 6.60. The molecule has 0 heterocycles. The Bertz CT molecular complexity index is 34.8. The molecular weight excluding hydrogens is 551 g/mol. The summed E-state index contributed by atoms with van der Waals surface area (Å²) in [5.74, 6) is 0.711. The van der Waals surface area contributed by atoms with Crippen molar-refractivity contribution in [3.8, 4) is 0 Å². The van der Waals surface area contributed by atoms with Gasteiger partial charge in [-0.1, -0.05) is 34.1 Å². The molecule has 0 aromatic heterocycles. The maximum absolute atomic E-state index is 6.73. The summed E-state index contributed by atoms with van der Waals surface area (Å²) in [4.78, 5) is 0. The van der Waals surface area contributed by atoms with Gasteiger partial charge in [0.1, 0.15) is 0 Å². The van der Waals surface area contributed by atoms with Gasteiger partial charge in [-0.25, -0.2) is 0 Å². The van der Waals surface area contributed by atoms with Crippen LogP contribution >= 0.6 is 0 Å². The van der Waals surface area contributed by atoms with Crippen molar-refractivity contribution >= 4 is 0 Å². The fourth-order valence-corrected chi connectivity index (χ4v) is 0.289. The van der Waals surface area contributed by atoms with Gasteiger partial charge in [-0.05, 0) is 5.92 Å². The molecule has 0 atom stereocenters. The molecule has 0 rings (SSSR count). The van der Waals surface area contributed by atoms with Gasteiger partial charge in [0, 0.05) is 20.4 Å². The van der Waals surface area contributed by atoms with Crippen LogP contribution in [0.5, 0.6) is 0 Å². The van der Waals surface area contributed by atoms with Gasteiger partial charge in [-0.3, -0.25) is 0 Å². The second-order valence-corrected chi connectivity index (χ2v) is 1.93. The summed E-state index contributed by atoms with van der Waals surface area (Å²) in [6.45, 7) is 8.85. The minimum Gasteiger partial charge on any atom is -0.677 e. The minimum atomic E-state index is 0. The van der Waals surface area contributed by atoms with Crippen LogP contribution in [0.15, 0.2) is 0 Å². The summed E-state index contributed by atoms with van der Waals surface area (Å²) < 4.78 is 0. The predicted molar refractivity (Wildman–Crippen MR) is 40.0 cm³/mol. The molecule has 0 amide bonds. The molecule has 0 bridgehead atoms. The Hall–Kier alpha value is -0.378. The van der Waals surface area contributed by atoms with Crippen LogP contribution < -0.4 is 0 Å². The van der Waals surface area contributed by atoms with Crippen LogP contribution in [0.3, 0.4) is 0 Å². The van der Waals surface area contributed by atoms with E-state index in [1.165, 1.54) is 0 Å². The quantitative estimate of drug-likeness (QED) is 0.489. The van der Waals surface area contributed by atoms with Crippen LogP contribution in [0.2, 0.25) is 0 Å². The molecular formula is C7H18NReRf-. The van der Waals surface area contributed by atoms with E-state index in [-0.39, 0.29) is 20.4 Å². The van der Waals surface area contributed by atoms with Gasteiger partial charge in [0.15, 0.2) is 0 Å². The van der Waals surface area contributed by atoms with Crippen molar-refractivity contribution in [1.82, 2.24) is 0 Å². The molecule has 1 N–H and O–H groups in total. The Morgan fingerprint density at radius 1 is 1.20 bits per heavy atom. The third-order valence-electron chi connectivity index (χ3n) is 0.722. The molecule has 0 aliphatic heterocycles. The second-order valence-electron chi connectivity index (χ2n) is 1.93. The smallest absolute Gasteiger partial charge is 0 e. The first-order valence-corrected chi connectivity index (χ1v) is 3.42. The van der Waals surface area contributed by atoms with Crippen LogP contribution in [0.1, 0.15) is 34.1 Å². The van der Waals surface area contributed by atoms with Crippen molar-refractivity contribution in [3.63, 3.8) is 0 Å². The molecule has 61 valence electrons. The third-order valence-corrected chi connectivity index (χ3v) is 0.722. The Labute approximate surface area is 73.1 Å². The summed E-state index contributed by atoms with van der Waals surface area (Å²) in [5.41, 5.74) is 6.73. The van der Waals surface area contributed by atoms with Crippen molar-refractivity contribution in [2.75, 3.05) is 6.54 Å². The summed E-state index contributed by atoms with van der Waals surface area (Å²) in [7, 11) is 0. The molecule has 0 aliphatic rings. The van der Waals surface area contributed by atoms with E-state index < -0.39 is 0 Å². The van der Waals surface area contributed by atoms with Crippen molar-refractivity contribution in [1.29, 1.82) is 0 Å². The van der Waals surface area contributed by atoms with E-state index in [0.717, 1.165) is 6.42 Å². The van der Waals surface area contributed by atoms with Crippen LogP contribution in [0, 0.1) is 5.92 Å². The van der Waals surface area contributed by atoms with E-state index in [4.69, 9.17) is 5.73 Å². The van der Waals surface area contributed by atoms with Gasteiger partial charge in [-0.2, -0.15) is 6.54 Å². The van der Waals surface area contributed by atoms with Gasteiger partial charge < -0.3 is 5.73 Å². The SMILES string of the molecule is CC.CC(C)CC[NH-].[Re].[Rf]. The maximum atomic E-state index is 6.73. The van der Waals surface area contributed by atoms with E-state index in [2.05, 4.69) is 13.8 Å². The molecule has 1 nitrogen and oxygen atoms in total. The Morgan fingerprint density at radius 3 is 1.50 bits per heavy atom. The van der Waals surface area contributed by atoms with Crippen molar-refractivity contribution in [3.05, 3.63) is 5.73 Å². The van der Waals surface area contributed by atoms with Gasteiger partial charge >= 0.3 is 0 Å². The average Bonchev–Trinajstić information content (AvgIpc) is 1.72. The van der Waals surface area contributed by atoms with Crippen LogP contribution in [0.25, 0.3) is 5.73 Å². The molecule has 0 aromatic carbocycles. The molecule has 0 aromatic rings. The predicted octanol–water partition coefficient (Wildman–Crippen LogP) is 3.11. The maximum Gasteiger partial charge on any atom is 0 e. The Morgan fingerprint density at radius 2 is 1.50 bits per heavy atom. The van der Waals surface area contributed by atoms with E-state index in [9.17, 15) is 0 Å². The summed E-state index contributed by atoms with van der Waals surface area (Å²) in [5, 5.41) is 0. The molecule has 10 heavy (non-hydrogen) atoms. The molecule has 1 radical (unpaired) electrons. The Balaban J connectivity index is -0.0000000412. The topological polar surface area (TPSA) is 23.8 Å². The van der Waals surface area contributed by atoms with Crippen molar-refractivity contribution in [2.24, 2.45) is 5.92 Å². The first-order chi connectivity index (χ1) is 3.77. The zero-order chi connectivity index (χ0) is 6.99. The number of rotatable bonds is 2. The molecule has 0 fully saturated rings. The first-order valence-electron chi connectivity index (χ1n) is 3.42. The van der Waals surface area contributed by atoms with Gasteiger partial charge in [0.25, 0.3) is 0 Å².